The van der Waals surface area contributed by atoms with Gasteiger partial charge in [-0.1, -0.05) is 0 Å². The van der Waals surface area contributed by atoms with Crippen molar-refractivity contribution in [2.45, 2.75) is 0 Å². The van der Waals surface area contributed by atoms with E-state index in [0.29, 0.717) is 5.71 Å². The fourth-order valence-electron chi connectivity index (χ4n) is 1.05. The van der Waals surface area contributed by atoms with E-state index in [1.807, 2.05) is 35.1 Å². The molecule has 2 rings (SSSR count). The lowest BCUT2D eigenvalue weighted by Crippen LogP contribution is -1.97. The lowest BCUT2D eigenvalue weighted by Gasteiger charge is -1.97. The molecule has 0 radical (unpaired) electrons. The standard InChI is InChI=1S/C10H7NS/c11-10(8-3-1-2-4-8)9-5-6-12-7-9/h1,3-7,11H. The van der Waals surface area contributed by atoms with Gasteiger partial charge < -0.3 is 0 Å². The van der Waals surface area contributed by atoms with Crippen LogP contribution >= 0.6 is 11.3 Å². The summed E-state index contributed by atoms with van der Waals surface area (Å²) in [5, 5.41) is 11.8. The first-order valence-corrected chi connectivity index (χ1v) is 4.56. The molecule has 0 spiro atoms. The van der Waals surface area contributed by atoms with Crippen molar-refractivity contribution >= 4 is 17.0 Å². The SMILES string of the molecule is N=C(C1=CC=C=C1)c1ccsc1. The molecule has 0 saturated heterocycles. The average molecular weight is 173 g/mol. The van der Waals surface area contributed by atoms with Crippen molar-refractivity contribution in [2.24, 2.45) is 0 Å². The number of rotatable bonds is 2. The Morgan fingerprint density at radius 1 is 1.50 bits per heavy atom. The number of nitrogens with one attached hydrogen (secondary N) is 1. The van der Waals surface area contributed by atoms with Crippen molar-refractivity contribution in [1.82, 2.24) is 0 Å². The van der Waals surface area contributed by atoms with Crippen LogP contribution in [0.1, 0.15) is 5.56 Å². The molecule has 1 nitrogen and oxygen atoms in total. The largest absolute Gasteiger partial charge is 0.300 e. The lowest BCUT2D eigenvalue weighted by atomic mass is 10.1. The molecular weight excluding hydrogens is 166 g/mol. The van der Waals surface area contributed by atoms with Crippen LogP contribution in [0.3, 0.4) is 0 Å². The topological polar surface area (TPSA) is 23.9 Å². The van der Waals surface area contributed by atoms with E-state index in [4.69, 9.17) is 5.41 Å². The van der Waals surface area contributed by atoms with E-state index in [0.717, 1.165) is 11.1 Å². The highest BCUT2D eigenvalue weighted by Crippen LogP contribution is 2.14. The minimum absolute atomic E-state index is 0.581. The Hall–Kier alpha value is -1.37. The van der Waals surface area contributed by atoms with Crippen LogP contribution in [0, 0.1) is 5.41 Å². The summed E-state index contributed by atoms with van der Waals surface area (Å²) in [6, 6.07) is 1.96. The van der Waals surface area contributed by atoms with Gasteiger partial charge in [0.15, 0.2) is 0 Å². The van der Waals surface area contributed by atoms with Gasteiger partial charge >= 0.3 is 0 Å². The number of hydrogen-bond acceptors (Lipinski definition) is 2. The highest BCUT2D eigenvalue weighted by Gasteiger charge is 2.05. The molecule has 1 aliphatic rings. The van der Waals surface area contributed by atoms with Gasteiger partial charge in [0.2, 0.25) is 0 Å². The highest BCUT2D eigenvalue weighted by atomic mass is 32.1. The third kappa shape index (κ3) is 1.18. The molecule has 1 heterocycles. The van der Waals surface area contributed by atoms with Crippen molar-refractivity contribution < 1.29 is 0 Å². The van der Waals surface area contributed by atoms with Gasteiger partial charge in [-0.15, -0.1) is 5.73 Å². The van der Waals surface area contributed by atoms with Gasteiger partial charge in [0.1, 0.15) is 0 Å². The van der Waals surface area contributed by atoms with Gasteiger partial charge in [-0.05, 0) is 29.7 Å². The molecular formula is C10H7NS. The van der Waals surface area contributed by atoms with Crippen LogP contribution in [0.5, 0.6) is 0 Å². The predicted octanol–water partition coefficient (Wildman–Crippen LogP) is 2.77. The molecule has 0 amide bonds. The summed E-state index contributed by atoms with van der Waals surface area (Å²) in [6.07, 6.45) is 5.57. The van der Waals surface area contributed by atoms with Crippen LogP contribution in [0.4, 0.5) is 0 Å². The van der Waals surface area contributed by atoms with Gasteiger partial charge in [0, 0.05) is 16.5 Å². The maximum absolute atomic E-state index is 7.79. The fraction of sp³-hybridized carbons (Fsp3) is 0. The number of thiophene rings is 1. The van der Waals surface area contributed by atoms with Crippen LogP contribution in [-0.2, 0) is 0 Å². The smallest absolute Gasteiger partial charge is 0.0699 e. The summed E-state index contributed by atoms with van der Waals surface area (Å²) >= 11 is 1.61. The summed E-state index contributed by atoms with van der Waals surface area (Å²) in [7, 11) is 0. The summed E-state index contributed by atoms with van der Waals surface area (Å²) in [5.74, 6) is 0. The Balaban J connectivity index is 2.28. The van der Waals surface area contributed by atoms with Crippen LogP contribution in [0.15, 0.2) is 46.4 Å². The van der Waals surface area contributed by atoms with Crippen LogP contribution in [0.25, 0.3) is 0 Å². The molecule has 0 fully saturated rings. The third-order valence-corrected chi connectivity index (χ3v) is 2.38. The van der Waals surface area contributed by atoms with E-state index in [1.54, 1.807) is 11.3 Å². The molecule has 1 aromatic rings. The molecule has 0 aliphatic heterocycles. The normalized spacial score (nSPS) is 13.5. The van der Waals surface area contributed by atoms with E-state index in [1.165, 1.54) is 0 Å². The second-order valence-corrected chi connectivity index (χ2v) is 3.27. The molecule has 12 heavy (non-hydrogen) atoms. The molecule has 0 bridgehead atoms. The maximum Gasteiger partial charge on any atom is 0.0699 e. The molecule has 0 atom stereocenters. The van der Waals surface area contributed by atoms with Crippen molar-refractivity contribution in [3.63, 3.8) is 0 Å². The predicted molar refractivity (Wildman–Crippen MR) is 51.9 cm³/mol. The molecule has 1 aromatic heterocycles. The lowest BCUT2D eigenvalue weighted by molar-refractivity contribution is 1.49. The molecule has 58 valence electrons. The average Bonchev–Trinajstić information content (AvgIpc) is 2.77. The summed E-state index contributed by atoms with van der Waals surface area (Å²) in [4.78, 5) is 0. The van der Waals surface area contributed by atoms with Crippen molar-refractivity contribution in [1.29, 1.82) is 5.41 Å². The van der Waals surface area contributed by atoms with Crippen LogP contribution in [-0.4, -0.2) is 5.71 Å². The van der Waals surface area contributed by atoms with Gasteiger partial charge in [-0.3, -0.25) is 5.41 Å². The summed E-state index contributed by atoms with van der Waals surface area (Å²) < 4.78 is 0. The number of hydrogen-bond donors (Lipinski definition) is 1. The first kappa shape index (κ1) is 7.29. The van der Waals surface area contributed by atoms with E-state index in [-0.39, 0.29) is 0 Å². The molecule has 0 unspecified atom stereocenters. The molecule has 1 N–H and O–H groups in total. The summed E-state index contributed by atoms with van der Waals surface area (Å²) in [6.45, 7) is 0. The zero-order valence-corrected chi connectivity index (χ0v) is 7.19. The highest BCUT2D eigenvalue weighted by molar-refractivity contribution is 7.08. The molecule has 0 saturated carbocycles. The minimum atomic E-state index is 0.581. The third-order valence-electron chi connectivity index (χ3n) is 1.70. The van der Waals surface area contributed by atoms with Crippen molar-refractivity contribution in [3.8, 4) is 0 Å². The van der Waals surface area contributed by atoms with Crippen molar-refractivity contribution in [3.05, 3.63) is 51.9 Å². The quantitative estimate of drug-likeness (QED) is 0.525. The van der Waals surface area contributed by atoms with Crippen LogP contribution in [0.2, 0.25) is 0 Å². The summed E-state index contributed by atoms with van der Waals surface area (Å²) in [5.41, 5.74) is 5.44. The van der Waals surface area contributed by atoms with E-state index in [2.05, 4.69) is 5.73 Å². The Morgan fingerprint density at radius 2 is 2.42 bits per heavy atom. The zero-order valence-electron chi connectivity index (χ0n) is 6.37. The minimum Gasteiger partial charge on any atom is -0.300 e. The van der Waals surface area contributed by atoms with Gasteiger partial charge in [-0.2, -0.15) is 11.3 Å². The van der Waals surface area contributed by atoms with E-state index in [9.17, 15) is 0 Å². The second-order valence-electron chi connectivity index (χ2n) is 2.49. The first-order chi connectivity index (χ1) is 5.88. The Labute approximate surface area is 74.9 Å². The van der Waals surface area contributed by atoms with Gasteiger partial charge in [0.05, 0.1) is 5.71 Å². The molecule has 2 heteroatoms. The van der Waals surface area contributed by atoms with Gasteiger partial charge in [-0.25, -0.2) is 0 Å². The maximum atomic E-state index is 7.79. The Morgan fingerprint density at radius 3 is 3.00 bits per heavy atom. The first-order valence-electron chi connectivity index (χ1n) is 3.62. The second kappa shape index (κ2) is 2.94. The fourth-order valence-corrected chi connectivity index (χ4v) is 1.70. The monoisotopic (exact) mass is 173 g/mol. The molecule has 0 aromatic carbocycles. The molecule has 1 aliphatic carbocycles. The zero-order chi connectivity index (χ0) is 8.39. The van der Waals surface area contributed by atoms with E-state index < -0.39 is 0 Å². The van der Waals surface area contributed by atoms with Crippen LogP contribution < -0.4 is 0 Å². The number of allylic oxidation sites excluding steroid dienone is 3. The Bertz CT molecular complexity index is 389. The van der Waals surface area contributed by atoms with E-state index >= 15 is 0 Å². The Kier molecular flexibility index (Phi) is 1.78. The van der Waals surface area contributed by atoms with Crippen molar-refractivity contribution in [2.75, 3.05) is 0 Å². The van der Waals surface area contributed by atoms with Gasteiger partial charge in [0.25, 0.3) is 0 Å².